The third-order valence-electron chi connectivity index (χ3n) is 6.65. The minimum atomic E-state index is -0.179. The number of benzene rings is 2. The fourth-order valence-electron chi connectivity index (χ4n) is 4.77. The molecule has 1 saturated heterocycles. The van der Waals surface area contributed by atoms with E-state index >= 15 is 0 Å². The topological polar surface area (TPSA) is 51.1 Å². The molecule has 154 valence electrons. The van der Waals surface area contributed by atoms with E-state index in [2.05, 4.69) is 99.8 Å². The highest BCUT2D eigenvalue weighted by atomic mass is 15.2. The number of nitrogens with one attached hydrogen (secondary N) is 2. The first kappa shape index (κ1) is 21.4. The van der Waals surface area contributed by atoms with E-state index in [9.17, 15) is 0 Å². The van der Waals surface area contributed by atoms with Crippen LogP contribution in [0.3, 0.4) is 0 Å². The van der Waals surface area contributed by atoms with Crippen molar-refractivity contribution in [1.82, 2.24) is 10.2 Å². The number of anilines is 1. The van der Waals surface area contributed by atoms with Gasteiger partial charge in [-0.05, 0) is 76.9 Å². The van der Waals surface area contributed by atoms with E-state index in [1.165, 1.54) is 22.3 Å². The Balaban J connectivity index is 1.97. The normalized spacial score (nSPS) is 22.0. The van der Waals surface area contributed by atoms with Crippen LogP contribution in [0.25, 0.3) is 0 Å². The largest absolute Gasteiger partial charge is 0.308 e. The molecule has 0 radical (unpaired) electrons. The van der Waals surface area contributed by atoms with Crippen molar-refractivity contribution in [3.8, 4) is 6.19 Å². The van der Waals surface area contributed by atoms with Crippen LogP contribution < -0.4 is 10.6 Å². The van der Waals surface area contributed by atoms with Crippen molar-refractivity contribution in [2.24, 2.45) is 5.92 Å². The van der Waals surface area contributed by atoms with Crippen LogP contribution in [0.1, 0.15) is 54.6 Å². The Morgan fingerprint density at radius 3 is 2.38 bits per heavy atom. The number of aryl methyl sites for hydroxylation is 3. The van der Waals surface area contributed by atoms with Crippen molar-refractivity contribution >= 4 is 5.69 Å². The van der Waals surface area contributed by atoms with Gasteiger partial charge in [-0.1, -0.05) is 48.4 Å². The van der Waals surface area contributed by atoms with Gasteiger partial charge in [0.05, 0.1) is 5.69 Å². The van der Waals surface area contributed by atoms with Gasteiger partial charge in [0, 0.05) is 17.6 Å². The van der Waals surface area contributed by atoms with Crippen molar-refractivity contribution in [2.45, 2.75) is 59.2 Å². The molecule has 0 amide bonds. The van der Waals surface area contributed by atoms with Gasteiger partial charge in [0.1, 0.15) is 0 Å². The molecule has 0 spiro atoms. The standard InChI is InChI=1S/C25H34N4/c1-16-10-17(2)12-20(11-16)23-24(19(4)14-27-23)29(7)25(5,6)21-9-8-18(3)22(13-21)28-15-26/h8-13,19,23-24,27-28H,14H2,1-7H3. The highest BCUT2D eigenvalue weighted by Crippen LogP contribution is 2.39. The van der Waals surface area contributed by atoms with Crippen molar-refractivity contribution < 1.29 is 0 Å². The Labute approximate surface area is 175 Å². The Hall–Kier alpha value is -2.35. The molecule has 2 aromatic carbocycles. The first-order chi connectivity index (χ1) is 13.6. The molecular formula is C25H34N4. The molecule has 2 aromatic rings. The third kappa shape index (κ3) is 4.17. The molecule has 2 N–H and O–H groups in total. The van der Waals surface area contributed by atoms with Crippen molar-refractivity contribution in [1.29, 1.82) is 5.26 Å². The zero-order valence-electron chi connectivity index (χ0n) is 18.8. The lowest BCUT2D eigenvalue weighted by Crippen LogP contribution is -2.49. The van der Waals surface area contributed by atoms with Gasteiger partial charge in [-0.3, -0.25) is 10.2 Å². The van der Waals surface area contributed by atoms with E-state index in [0.717, 1.165) is 17.8 Å². The van der Waals surface area contributed by atoms with Crippen LogP contribution in [-0.4, -0.2) is 24.5 Å². The molecule has 3 rings (SSSR count). The summed E-state index contributed by atoms with van der Waals surface area (Å²) in [5.41, 5.74) is 6.99. The average molecular weight is 391 g/mol. The number of hydrogen-bond donors (Lipinski definition) is 2. The average Bonchev–Trinajstić information content (AvgIpc) is 3.03. The van der Waals surface area contributed by atoms with Gasteiger partial charge in [0.25, 0.3) is 0 Å². The predicted molar refractivity (Wildman–Crippen MR) is 121 cm³/mol. The fraction of sp³-hybridized carbons (Fsp3) is 0.480. The molecule has 3 unspecified atom stereocenters. The van der Waals surface area contributed by atoms with E-state index in [-0.39, 0.29) is 5.54 Å². The van der Waals surface area contributed by atoms with Gasteiger partial charge in [-0.25, -0.2) is 0 Å². The van der Waals surface area contributed by atoms with Crippen LogP contribution in [0.2, 0.25) is 0 Å². The third-order valence-corrected chi connectivity index (χ3v) is 6.65. The number of likely N-dealkylation sites (N-methyl/N-ethyl adjacent to an activating group) is 1. The number of nitriles is 1. The maximum atomic E-state index is 9.08. The second-order valence-corrected chi connectivity index (χ2v) is 9.21. The Bertz CT molecular complexity index is 905. The monoisotopic (exact) mass is 390 g/mol. The molecule has 1 fully saturated rings. The lowest BCUT2D eigenvalue weighted by molar-refractivity contribution is 0.0717. The van der Waals surface area contributed by atoms with Crippen molar-refractivity contribution in [3.05, 3.63) is 64.2 Å². The second-order valence-electron chi connectivity index (χ2n) is 9.21. The molecular weight excluding hydrogens is 356 g/mol. The summed E-state index contributed by atoms with van der Waals surface area (Å²) in [5.74, 6) is 0.534. The van der Waals surface area contributed by atoms with E-state index in [1.54, 1.807) is 0 Å². The van der Waals surface area contributed by atoms with Gasteiger partial charge < -0.3 is 5.32 Å². The van der Waals surface area contributed by atoms with Crippen LogP contribution in [0, 0.1) is 38.1 Å². The van der Waals surface area contributed by atoms with Gasteiger partial charge >= 0.3 is 0 Å². The quantitative estimate of drug-likeness (QED) is 0.556. The fourth-order valence-corrected chi connectivity index (χ4v) is 4.77. The maximum Gasteiger partial charge on any atom is 0.181 e. The molecule has 0 bridgehead atoms. The highest BCUT2D eigenvalue weighted by Gasteiger charge is 2.42. The molecule has 0 aromatic heterocycles. The van der Waals surface area contributed by atoms with Crippen LogP contribution in [0.15, 0.2) is 36.4 Å². The van der Waals surface area contributed by atoms with Crippen LogP contribution in [0.4, 0.5) is 5.69 Å². The Morgan fingerprint density at radius 1 is 1.10 bits per heavy atom. The molecule has 29 heavy (non-hydrogen) atoms. The smallest absolute Gasteiger partial charge is 0.181 e. The summed E-state index contributed by atoms with van der Waals surface area (Å²) < 4.78 is 0. The van der Waals surface area contributed by atoms with Crippen LogP contribution >= 0.6 is 0 Å². The number of rotatable bonds is 5. The van der Waals surface area contributed by atoms with Gasteiger partial charge in [0.2, 0.25) is 0 Å². The first-order valence-corrected chi connectivity index (χ1v) is 10.5. The molecule has 3 atom stereocenters. The summed E-state index contributed by atoms with van der Waals surface area (Å²) in [6, 6.07) is 14.0. The second kappa shape index (κ2) is 8.18. The Morgan fingerprint density at radius 2 is 1.76 bits per heavy atom. The zero-order chi connectivity index (χ0) is 21.3. The minimum absolute atomic E-state index is 0.179. The van der Waals surface area contributed by atoms with E-state index < -0.39 is 0 Å². The van der Waals surface area contributed by atoms with E-state index in [0.29, 0.717) is 18.0 Å². The Kier molecular flexibility index (Phi) is 6.03. The van der Waals surface area contributed by atoms with Crippen molar-refractivity contribution in [2.75, 3.05) is 18.9 Å². The molecule has 1 aliphatic heterocycles. The summed E-state index contributed by atoms with van der Waals surface area (Å²) in [4.78, 5) is 2.51. The first-order valence-electron chi connectivity index (χ1n) is 10.5. The highest BCUT2D eigenvalue weighted by molar-refractivity contribution is 5.56. The molecule has 0 saturated carbocycles. The molecule has 1 aliphatic rings. The predicted octanol–water partition coefficient (Wildman–Crippen LogP) is 5.02. The molecule has 1 heterocycles. The number of nitrogens with zero attached hydrogens (tertiary/aromatic N) is 2. The SMILES string of the molecule is Cc1cc(C)cc(C2NCC(C)C2N(C)C(C)(C)c2ccc(C)c(NC#N)c2)c1. The van der Waals surface area contributed by atoms with Crippen LogP contribution in [0.5, 0.6) is 0 Å². The summed E-state index contributed by atoms with van der Waals surface area (Å²) in [6.45, 7) is 14.3. The summed E-state index contributed by atoms with van der Waals surface area (Å²) in [5, 5.41) is 15.7. The zero-order valence-corrected chi connectivity index (χ0v) is 18.8. The van der Waals surface area contributed by atoms with Gasteiger partial charge in [0.15, 0.2) is 6.19 Å². The summed E-state index contributed by atoms with van der Waals surface area (Å²) in [7, 11) is 2.24. The molecule has 4 nitrogen and oxygen atoms in total. The molecule has 4 heteroatoms. The van der Waals surface area contributed by atoms with Gasteiger partial charge in [-0.2, -0.15) is 5.26 Å². The number of hydrogen-bond acceptors (Lipinski definition) is 4. The van der Waals surface area contributed by atoms with Gasteiger partial charge in [-0.15, -0.1) is 0 Å². The van der Waals surface area contributed by atoms with E-state index in [1.807, 2.05) is 6.92 Å². The summed E-state index contributed by atoms with van der Waals surface area (Å²) in [6.07, 6.45) is 2.06. The maximum absolute atomic E-state index is 9.08. The lowest BCUT2D eigenvalue weighted by atomic mass is 9.85. The van der Waals surface area contributed by atoms with Crippen molar-refractivity contribution in [3.63, 3.8) is 0 Å². The lowest BCUT2D eigenvalue weighted by Gasteiger charge is -2.44. The van der Waals surface area contributed by atoms with Crippen LogP contribution in [-0.2, 0) is 5.54 Å². The van der Waals surface area contributed by atoms with E-state index in [4.69, 9.17) is 5.26 Å². The molecule has 0 aliphatic carbocycles. The summed E-state index contributed by atoms with van der Waals surface area (Å²) >= 11 is 0. The minimum Gasteiger partial charge on any atom is -0.308 e.